The van der Waals surface area contributed by atoms with E-state index in [0.717, 1.165) is 26.2 Å². The first-order valence-electron chi connectivity index (χ1n) is 10.7. The maximum atomic E-state index is 13.5. The summed E-state index contributed by atoms with van der Waals surface area (Å²) in [6.45, 7) is 8.27. The predicted molar refractivity (Wildman–Crippen MR) is 121 cm³/mol. The van der Waals surface area contributed by atoms with Crippen molar-refractivity contribution in [3.8, 4) is 11.1 Å². The lowest BCUT2D eigenvalue weighted by molar-refractivity contribution is 0.0834. The number of hydrogen-bond acceptors (Lipinski definition) is 3. The van der Waals surface area contributed by atoms with Crippen LogP contribution in [0.4, 0.5) is 4.39 Å². The van der Waals surface area contributed by atoms with Crippen molar-refractivity contribution in [2.24, 2.45) is 0 Å². The monoisotopic (exact) mass is 403 g/mol. The van der Waals surface area contributed by atoms with Gasteiger partial charge < -0.3 is 4.90 Å². The molecular formula is C26H30FN3. The summed E-state index contributed by atoms with van der Waals surface area (Å²) in [5, 5.41) is 0. The summed E-state index contributed by atoms with van der Waals surface area (Å²) in [7, 11) is 2.16. The lowest BCUT2D eigenvalue weighted by Crippen LogP contribution is -2.46. The Morgan fingerprint density at radius 2 is 1.77 bits per heavy atom. The van der Waals surface area contributed by atoms with Gasteiger partial charge in [0, 0.05) is 50.2 Å². The molecular weight excluding hydrogens is 373 g/mol. The topological polar surface area (TPSA) is 19.4 Å². The van der Waals surface area contributed by atoms with Gasteiger partial charge in [-0.1, -0.05) is 50.2 Å². The molecule has 1 aromatic heterocycles. The van der Waals surface area contributed by atoms with E-state index in [2.05, 4.69) is 66.0 Å². The van der Waals surface area contributed by atoms with Gasteiger partial charge in [0.15, 0.2) is 0 Å². The SMILES string of the molecule is CC(C)c1ccccc1-c1cnccc1CN1CCN(C)C[C@H]1c1ccc(F)cc1. The zero-order valence-corrected chi connectivity index (χ0v) is 18.1. The minimum Gasteiger partial charge on any atom is -0.303 e. The molecule has 2 heterocycles. The average Bonchev–Trinajstić information content (AvgIpc) is 2.76. The molecule has 156 valence electrons. The number of rotatable bonds is 5. The summed E-state index contributed by atoms with van der Waals surface area (Å²) in [6, 6.07) is 18.0. The maximum Gasteiger partial charge on any atom is 0.123 e. The van der Waals surface area contributed by atoms with Crippen LogP contribution in [-0.2, 0) is 6.54 Å². The summed E-state index contributed by atoms with van der Waals surface area (Å²) < 4.78 is 13.5. The van der Waals surface area contributed by atoms with Gasteiger partial charge in [-0.05, 0) is 53.4 Å². The quantitative estimate of drug-likeness (QED) is 0.561. The number of likely N-dealkylation sites (N-methyl/N-ethyl adjacent to an activating group) is 1. The Balaban J connectivity index is 1.68. The first kappa shape index (κ1) is 20.7. The van der Waals surface area contributed by atoms with Gasteiger partial charge in [-0.2, -0.15) is 0 Å². The number of piperazine rings is 1. The molecule has 0 N–H and O–H groups in total. The van der Waals surface area contributed by atoms with E-state index in [4.69, 9.17) is 0 Å². The Morgan fingerprint density at radius 1 is 1.00 bits per heavy atom. The number of halogens is 1. The van der Waals surface area contributed by atoms with E-state index >= 15 is 0 Å². The molecule has 3 nitrogen and oxygen atoms in total. The highest BCUT2D eigenvalue weighted by molar-refractivity contribution is 5.70. The second-order valence-corrected chi connectivity index (χ2v) is 8.57. The maximum absolute atomic E-state index is 13.5. The molecule has 1 atom stereocenters. The van der Waals surface area contributed by atoms with E-state index in [9.17, 15) is 4.39 Å². The highest BCUT2D eigenvalue weighted by Crippen LogP contribution is 2.33. The summed E-state index contributed by atoms with van der Waals surface area (Å²) in [5.41, 5.74) is 6.28. The van der Waals surface area contributed by atoms with Crippen LogP contribution in [0.25, 0.3) is 11.1 Å². The van der Waals surface area contributed by atoms with Gasteiger partial charge in [0.05, 0.1) is 0 Å². The second-order valence-electron chi connectivity index (χ2n) is 8.57. The average molecular weight is 404 g/mol. The lowest BCUT2D eigenvalue weighted by atomic mass is 9.91. The molecule has 0 unspecified atom stereocenters. The Kier molecular flexibility index (Phi) is 6.26. The summed E-state index contributed by atoms with van der Waals surface area (Å²) in [5.74, 6) is 0.265. The fourth-order valence-electron chi connectivity index (χ4n) is 4.42. The smallest absolute Gasteiger partial charge is 0.123 e. The highest BCUT2D eigenvalue weighted by atomic mass is 19.1. The van der Waals surface area contributed by atoms with Gasteiger partial charge in [0.25, 0.3) is 0 Å². The Morgan fingerprint density at radius 3 is 2.53 bits per heavy atom. The van der Waals surface area contributed by atoms with E-state index in [1.807, 2.05) is 24.5 Å². The zero-order chi connectivity index (χ0) is 21.1. The first-order chi connectivity index (χ1) is 14.5. The largest absolute Gasteiger partial charge is 0.303 e. The van der Waals surface area contributed by atoms with Crippen molar-refractivity contribution < 1.29 is 4.39 Å². The molecule has 30 heavy (non-hydrogen) atoms. The zero-order valence-electron chi connectivity index (χ0n) is 18.1. The molecule has 3 aromatic rings. The molecule has 1 fully saturated rings. The van der Waals surface area contributed by atoms with Crippen molar-refractivity contribution in [3.05, 3.63) is 89.5 Å². The molecule has 1 aliphatic heterocycles. The van der Waals surface area contributed by atoms with Crippen molar-refractivity contribution in [2.45, 2.75) is 32.4 Å². The van der Waals surface area contributed by atoms with Gasteiger partial charge in [-0.25, -0.2) is 4.39 Å². The molecule has 4 heteroatoms. The van der Waals surface area contributed by atoms with E-state index in [1.165, 1.54) is 27.8 Å². The van der Waals surface area contributed by atoms with Crippen molar-refractivity contribution in [1.82, 2.24) is 14.8 Å². The minimum absolute atomic E-state index is 0.184. The fraction of sp³-hybridized carbons (Fsp3) is 0.346. The second kappa shape index (κ2) is 9.07. The minimum atomic E-state index is -0.184. The first-order valence-corrected chi connectivity index (χ1v) is 10.7. The molecule has 0 amide bonds. The number of aromatic nitrogens is 1. The molecule has 0 radical (unpaired) electrons. The van der Waals surface area contributed by atoms with E-state index in [1.54, 1.807) is 12.1 Å². The molecule has 1 aliphatic rings. The third kappa shape index (κ3) is 4.45. The van der Waals surface area contributed by atoms with Crippen LogP contribution in [0.2, 0.25) is 0 Å². The predicted octanol–water partition coefficient (Wildman–Crippen LogP) is 5.50. The van der Waals surface area contributed by atoms with E-state index in [-0.39, 0.29) is 11.9 Å². The van der Waals surface area contributed by atoms with Crippen molar-refractivity contribution in [1.29, 1.82) is 0 Å². The number of hydrogen-bond donors (Lipinski definition) is 0. The Labute approximate surface area is 179 Å². The van der Waals surface area contributed by atoms with Gasteiger partial charge in [0.2, 0.25) is 0 Å². The van der Waals surface area contributed by atoms with Crippen LogP contribution >= 0.6 is 0 Å². The molecule has 0 spiro atoms. The van der Waals surface area contributed by atoms with Gasteiger partial charge in [0.1, 0.15) is 5.82 Å². The van der Waals surface area contributed by atoms with Gasteiger partial charge >= 0.3 is 0 Å². The summed E-state index contributed by atoms with van der Waals surface area (Å²) in [4.78, 5) is 9.32. The molecule has 0 bridgehead atoms. The summed E-state index contributed by atoms with van der Waals surface area (Å²) in [6.07, 6.45) is 3.89. The molecule has 0 aliphatic carbocycles. The van der Waals surface area contributed by atoms with E-state index in [0.29, 0.717) is 5.92 Å². The highest BCUT2D eigenvalue weighted by Gasteiger charge is 2.27. The Bertz CT molecular complexity index is 984. The van der Waals surface area contributed by atoms with E-state index < -0.39 is 0 Å². The Hall–Kier alpha value is -2.56. The molecule has 2 aromatic carbocycles. The number of nitrogens with zero attached hydrogens (tertiary/aromatic N) is 3. The van der Waals surface area contributed by atoms with Crippen LogP contribution in [0.3, 0.4) is 0 Å². The van der Waals surface area contributed by atoms with Crippen LogP contribution in [0.1, 0.15) is 42.5 Å². The molecule has 4 rings (SSSR count). The van der Waals surface area contributed by atoms with Crippen molar-refractivity contribution >= 4 is 0 Å². The van der Waals surface area contributed by atoms with Crippen LogP contribution in [-0.4, -0.2) is 41.5 Å². The van der Waals surface area contributed by atoms with Crippen molar-refractivity contribution in [3.63, 3.8) is 0 Å². The standard InChI is InChI=1S/C26H30FN3/c1-19(2)23-6-4-5-7-24(23)25-16-28-13-12-21(25)17-30-15-14-29(3)18-26(30)20-8-10-22(27)11-9-20/h4-13,16,19,26H,14-15,17-18H2,1-3H3/t26-/m0/s1. The van der Waals surface area contributed by atoms with Crippen LogP contribution < -0.4 is 0 Å². The molecule has 0 saturated carbocycles. The third-order valence-electron chi connectivity index (χ3n) is 6.11. The van der Waals surface area contributed by atoms with Crippen molar-refractivity contribution in [2.75, 3.05) is 26.7 Å². The van der Waals surface area contributed by atoms with Gasteiger partial charge in [-0.15, -0.1) is 0 Å². The van der Waals surface area contributed by atoms with Gasteiger partial charge in [-0.3, -0.25) is 9.88 Å². The lowest BCUT2D eigenvalue weighted by Gasteiger charge is -2.40. The number of pyridine rings is 1. The normalized spacial score (nSPS) is 18.1. The van der Waals surface area contributed by atoms with Crippen LogP contribution in [0.15, 0.2) is 67.0 Å². The fourth-order valence-corrected chi connectivity index (χ4v) is 4.42. The van der Waals surface area contributed by atoms with Crippen LogP contribution in [0, 0.1) is 5.82 Å². The third-order valence-corrected chi connectivity index (χ3v) is 6.11. The van der Waals surface area contributed by atoms with Crippen LogP contribution in [0.5, 0.6) is 0 Å². The summed E-state index contributed by atoms with van der Waals surface area (Å²) >= 11 is 0. The molecule has 1 saturated heterocycles. The number of benzene rings is 2.